The van der Waals surface area contributed by atoms with Crippen LogP contribution in [0.5, 0.6) is 0 Å². The van der Waals surface area contributed by atoms with E-state index in [9.17, 15) is 13.2 Å². The molecule has 1 rings (SSSR count). The fraction of sp³-hybridized carbons (Fsp3) is 0. The fourth-order valence-electron chi connectivity index (χ4n) is 0.728. The Bertz CT molecular complexity index is 356. The average Bonchev–Trinajstić information content (AvgIpc) is 2.06. The van der Waals surface area contributed by atoms with Crippen molar-refractivity contribution in [3.63, 3.8) is 0 Å². The predicted octanol–water partition coefficient (Wildman–Crippen LogP) is 3.04. The van der Waals surface area contributed by atoms with Crippen LogP contribution >= 0.6 is 23.8 Å². The molecule has 0 aromatic heterocycles. The van der Waals surface area contributed by atoms with E-state index in [1.165, 1.54) is 0 Å². The number of anilines is 1. The summed E-state index contributed by atoms with van der Waals surface area (Å²) in [5, 5.41) is 2.16. The number of rotatable bonds is 1. The van der Waals surface area contributed by atoms with E-state index in [0.29, 0.717) is 0 Å². The summed E-state index contributed by atoms with van der Waals surface area (Å²) in [5.41, 5.74) is -0.293. The Hall–Kier alpha value is -0.810. The van der Waals surface area contributed by atoms with Crippen LogP contribution in [0.2, 0.25) is 0 Å². The van der Waals surface area contributed by atoms with Crippen molar-refractivity contribution in [2.75, 3.05) is 5.32 Å². The third kappa shape index (κ3) is 2.32. The smallest absolute Gasteiger partial charge is 0.196 e. The van der Waals surface area contributed by atoms with Gasteiger partial charge in [0.05, 0.1) is 5.69 Å². The molecule has 1 aromatic carbocycles. The molecule has 0 fully saturated rings. The van der Waals surface area contributed by atoms with Gasteiger partial charge in [0.1, 0.15) is 0 Å². The highest BCUT2D eigenvalue weighted by Gasteiger charge is 2.13. The topological polar surface area (TPSA) is 12.0 Å². The quantitative estimate of drug-likeness (QED) is 0.341. The van der Waals surface area contributed by atoms with E-state index >= 15 is 0 Å². The third-order valence-electron chi connectivity index (χ3n) is 1.27. The van der Waals surface area contributed by atoms with E-state index in [2.05, 4.69) is 17.5 Å². The third-order valence-corrected chi connectivity index (χ3v) is 1.46. The lowest BCUT2D eigenvalue weighted by atomic mass is 10.3. The van der Waals surface area contributed by atoms with Crippen molar-refractivity contribution in [1.82, 2.24) is 0 Å². The average molecular weight is 226 g/mol. The predicted molar refractivity (Wildman–Crippen MR) is 48.4 cm³/mol. The van der Waals surface area contributed by atoms with Gasteiger partial charge in [-0.05, 0) is 24.4 Å². The second-order valence-corrected chi connectivity index (χ2v) is 3.13. The first-order chi connectivity index (χ1) is 6.02. The molecule has 0 saturated heterocycles. The maximum absolute atomic E-state index is 12.8. The number of halogens is 4. The minimum atomic E-state index is -1.56. The molecular formula is C7H3ClF3NS. The van der Waals surface area contributed by atoms with Crippen LogP contribution in [0.4, 0.5) is 18.9 Å². The summed E-state index contributed by atoms with van der Waals surface area (Å²) >= 11 is 9.60. The Balaban J connectivity index is 3.10. The molecular weight excluding hydrogens is 223 g/mol. The Morgan fingerprint density at radius 1 is 1.23 bits per heavy atom. The maximum Gasteiger partial charge on any atom is 0.196 e. The Morgan fingerprint density at radius 3 is 2.38 bits per heavy atom. The zero-order valence-electron chi connectivity index (χ0n) is 6.07. The molecule has 1 nitrogen and oxygen atoms in total. The van der Waals surface area contributed by atoms with Gasteiger partial charge in [0.15, 0.2) is 21.9 Å². The van der Waals surface area contributed by atoms with E-state index in [1.807, 2.05) is 0 Å². The molecule has 1 N–H and O–H groups in total. The standard InChI is InChI=1S/C7H3ClF3NS/c8-7(13)12-4-2-1-3(9)5(10)6(4)11/h1-2H,(H,12,13). The van der Waals surface area contributed by atoms with Crippen molar-refractivity contribution in [1.29, 1.82) is 0 Å². The largest absolute Gasteiger partial charge is 0.334 e. The van der Waals surface area contributed by atoms with E-state index in [4.69, 9.17) is 11.6 Å². The molecule has 0 amide bonds. The Morgan fingerprint density at radius 2 is 1.85 bits per heavy atom. The van der Waals surface area contributed by atoms with Gasteiger partial charge >= 0.3 is 0 Å². The SMILES string of the molecule is Fc1ccc(NC(=S)Cl)c(F)c1F. The monoisotopic (exact) mass is 225 g/mol. The van der Waals surface area contributed by atoms with Crippen molar-refractivity contribution in [3.05, 3.63) is 29.6 Å². The van der Waals surface area contributed by atoms with Gasteiger partial charge in [-0.25, -0.2) is 13.2 Å². The van der Waals surface area contributed by atoms with Crippen molar-refractivity contribution >= 4 is 34.0 Å². The van der Waals surface area contributed by atoms with Gasteiger partial charge in [0.25, 0.3) is 0 Å². The summed E-state index contributed by atoms with van der Waals surface area (Å²) in [7, 11) is 0. The lowest BCUT2D eigenvalue weighted by Gasteiger charge is -2.04. The van der Waals surface area contributed by atoms with Crippen LogP contribution in [0.25, 0.3) is 0 Å². The number of thiocarbonyl (C=S) groups is 1. The lowest BCUT2D eigenvalue weighted by Crippen LogP contribution is -2.05. The zero-order chi connectivity index (χ0) is 10.0. The number of benzene rings is 1. The van der Waals surface area contributed by atoms with E-state index in [-0.39, 0.29) is 10.1 Å². The Kier molecular flexibility index (Phi) is 3.11. The minimum Gasteiger partial charge on any atom is -0.334 e. The molecule has 1 aromatic rings. The van der Waals surface area contributed by atoms with E-state index < -0.39 is 17.5 Å². The van der Waals surface area contributed by atoms with E-state index in [1.54, 1.807) is 0 Å². The summed E-state index contributed by atoms with van der Waals surface area (Å²) in [4.78, 5) is 0. The number of hydrogen-bond acceptors (Lipinski definition) is 1. The molecule has 6 heteroatoms. The first-order valence-corrected chi connectivity index (χ1v) is 3.91. The summed E-state index contributed by atoms with van der Waals surface area (Å²) in [6, 6.07) is 1.78. The van der Waals surface area contributed by atoms with Crippen molar-refractivity contribution < 1.29 is 13.2 Å². The molecule has 0 saturated carbocycles. The molecule has 0 bridgehead atoms. The molecule has 0 spiro atoms. The molecule has 70 valence electrons. The highest BCUT2D eigenvalue weighted by molar-refractivity contribution is 7.83. The summed E-state index contributed by atoms with van der Waals surface area (Å²) < 4.78 is 37.5. The van der Waals surface area contributed by atoms with Crippen molar-refractivity contribution in [2.45, 2.75) is 0 Å². The molecule has 0 heterocycles. The molecule has 0 atom stereocenters. The maximum atomic E-state index is 12.8. The second kappa shape index (κ2) is 3.93. The van der Waals surface area contributed by atoms with Crippen LogP contribution in [0.15, 0.2) is 12.1 Å². The van der Waals surface area contributed by atoms with Gasteiger partial charge in [0, 0.05) is 0 Å². The van der Waals surface area contributed by atoms with Crippen LogP contribution in [0.1, 0.15) is 0 Å². The highest BCUT2D eigenvalue weighted by atomic mass is 35.5. The number of nitrogens with one attached hydrogen (secondary N) is 1. The van der Waals surface area contributed by atoms with Crippen LogP contribution in [0, 0.1) is 17.5 Å². The van der Waals surface area contributed by atoms with Crippen LogP contribution < -0.4 is 5.32 Å². The van der Waals surface area contributed by atoms with Crippen molar-refractivity contribution in [2.24, 2.45) is 0 Å². The van der Waals surface area contributed by atoms with Crippen LogP contribution in [-0.4, -0.2) is 4.45 Å². The Labute approximate surface area is 82.5 Å². The first-order valence-electron chi connectivity index (χ1n) is 3.12. The zero-order valence-corrected chi connectivity index (χ0v) is 7.65. The molecule has 13 heavy (non-hydrogen) atoms. The fourth-order valence-corrected chi connectivity index (χ4v) is 0.940. The molecule has 0 radical (unpaired) electrons. The van der Waals surface area contributed by atoms with Gasteiger partial charge in [-0.3, -0.25) is 0 Å². The highest BCUT2D eigenvalue weighted by Crippen LogP contribution is 2.19. The lowest BCUT2D eigenvalue weighted by molar-refractivity contribution is 0.449. The summed E-state index contributed by atoms with van der Waals surface area (Å²) in [6.07, 6.45) is 0. The van der Waals surface area contributed by atoms with Crippen LogP contribution in [-0.2, 0) is 0 Å². The molecule has 0 aliphatic rings. The van der Waals surface area contributed by atoms with Gasteiger partial charge < -0.3 is 5.32 Å². The van der Waals surface area contributed by atoms with Gasteiger partial charge in [0.2, 0.25) is 0 Å². The van der Waals surface area contributed by atoms with Gasteiger partial charge in [-0.1, -0.05) is 11.6 Å². The first kappa shape index (κ1) is 10.3. The summed E-state index contributed by atoms with van der Waals surface area (Å²) in [6.45, 7) is 0. The van der Waals surface area contributed by atoms with Gasteiger partial charge in [-0.2, -0.15) is 0 Å². The molecule has 0 aliphatic carbocycles. The second-order valence-electron chi connectivity index (χ2n) is 2.12. The normalized spacial score (nSPS) is 9.85. The van der Waals surface area contributed by atoms with E-state index in [0.717, 1.165) is 12.1 Å². The minimum absolute atomic E-state index is 0.245. The van der Waals surface area contributed by atoms with Crippen LogP contribution in [0.3, 0.4) is 0 Å². The van der Waals surface area contributed by atoms with Gasteiger partial charge in [-0.15, -0.1) is 0 Å². The summed E-state index contributed by atoms with van der Waals surface area (Å²) in [5.74, 6) is -4.16. The molecule has 0 unspecified atom stereocenters. The van der Waals surface area contributed by atoms with Crippen molar-refractivity contribution in [3.8, 4) is 0 Å². The number of hydrogen-bond donors (Lipinski definition) is 1. The molecule has 0 aliphatic heterocycles.